The number of rotatable bonds is 4. The minimum atomic E-state index is -4.11. The van der Waals surface area contributed by atoms with Gasteiger partial charge in [0.15, 0.2) is 0 Å². The summed E-state index contributed by atoms with van der Waals surface area (Å²) in [5.74, 6) is 0. The SMILES string of the molecule is Cc1ccc(S(=O)(=O)C(c2cccc(Br)c2)[N+](=O)[O-])cc1. The van der Waals surface area contributed by atoms with Crippen LogP contribution in [-0.2, 0) is 9.84 Å². The van der Waals surface area contributed by atoms with Crippen molar-refractivity contribution in [1.82, 2.24) is 0 Å². The molecule has 0 saturated carbocycles. The predicted octanol–water partition coefficient (Wildman–Crippen LogP) is 3.51. The summed E-state index contributed by atoms with van der Waals surface area (Å²) in [5.41, 5.74) is 1.00. The Morgan fingerprint density at radius 1 is 1.14 bits per heavy atom. The number of hydrogen-bond donors (Lipinski definition) is 0. The zero-order chi connectivity index (χ0) is 15.6. The Morgan fingerprint density at radius 2 is 1.76 bits per heavy atom. The first-order valence-corrected chi connectivity index (χ1v) is 8.36. The first-order valence-electron chi connectivity index (χ1n) is 6.02. The van der Waals surface area contributed by atoms with Gasteiger partial charge in [0.2, 0.25) is 0 Å². The van der Waals surface area contributed by atoms with Gasteiger partial charge in [0.05, 0.1) is 4.90 Å². The Hall–Kier alpha value is -1.73. The standard InChI is InChI=1S/C14H12BrNO4S/c1-10-5-7-13(8-6-10)21(19,20)14(16(17)18)11-3-2-4-12(15)9-11/h2-9,14H,1H3. The van der Waals surface area contributed by atoms with Gasteiger partial charge in [-0.15, -0.1) is 0 Å². The average Bonchev–Trinajstić information content (AvgIpc) is 2.38. The van der Waals surface area contributed by atoms with Gasteiger partial charge in [-0.3, -0.25) is 10.1 Å². The molecule has 0 radical (unpaired) electrons. The third-order valence-electron chi connectivity index (χ3n) is 2.97. The molecule has 0 amide bonds. The van der Waals surface area contributed by atoms with Crippen LogP contribution in [-0.4, -0.2) is 13.3 Å². The highest BCUT2D eigenvalue weighted by Gasteiger charge is 2.39. The van der Waals surface area contributed by atoms with Crippen LogP contribution in [0.25, 0.3) is 0 Å². The second kappa shape index (κ2) is 5.95. The van der Waals surface area contributed by atoms with Crippen molar-refractivity contribution in [3.05, 3.63) is 74.2 Å². The van der Waals surface area contributed by atoms with Gasteiger partial charge in [0, 0.05) is 15.0 Å². The zero-order valence-electron chi connectivity index (χ0n) is 11.1. The van der Waals surface area contributed by atoms with E-state index in [1.165, 1.54) is 24.3 Å². The normalized spacial score (nSPS) is 12.9. The Bertz CT molecular complexity index is 772. The maximum Gasteiger partial charge on any atom is 0.339 e. The van der Waals surface area contributed by atoms with E-state index in [9.17, 15) is 18.5 Å². The summed E-state index contributed by atoms with van der Waals surface area (Å²) in [5, 5.41) is 9.49. The molecule has 0 spiro atoms. The fourth-order valence-electron chi connectivity index (χ4n) is 1.93. The lowest BCUT2D eigenvalue weighted by atomic mass is 10.2. The topological polar surface area (TPSA) is 77.3 Å². The van der Waals surface area contributed by atoms with Gasteiger partial charge in [-0.1, -0.05) is 45.8 Å². The number of sulfone groups is 1. The zero-order valence-corrected chi connectivity index (χ0v) is 13.5. The van der Waals surface area contributed by atoms with Crippen molar-refractivity contribution in [1.29, 1.82) is 0 Å². The molecule has 0 fully saturated rings. The monoisotopic (exact) mass is 369 g/mol. The maximum absolute atomic E-state index is 12.5. The van der Waals surface area contributed by atoms with Crippen LogP contribution in [0.2, 0.25) is 0 Å². The summed E-state index contributed by atoms with van der Waals surface area (Å²) >= 11 is 3.19. The second-order valence-electron chi connectivity index (χ2n) is 4.55. The van der Waals surface area contributed by atoms with Crippen LogP contribution in [0, 0.1) is 17.0 Å². The lowest BCUT2D eigenvalue weighted by Gasteiger charge is -2.11. The van der Waals surface area contributed by atoms with E-state index >= 15 is 0 Å². The van der Waals surface area contributed by atoms with Crippen LogP contribution in [0.3, 0.4) is 0 Å². The molecule has 1 unspecified atom stereocenters. The molecular weight excluding hydrogens is 358 g/mol. The average molecular weight is 370 g/mol. The first kappa shape index (κ1) is 15.7. The lowest BCUT2D eigenvalue weighted by molar-refractivity contribution is -0.502. The predicted molar refractivity (Wildman–Crippen MR) is 82.2 cm³/mol. The third kappa shape index (κ3) is 3.30. The number of halogens is 1. The Kier molecular flexibility index (Phi) is 4.43. The molecule has 7 heteroatoms. The van der Waals surface area contributed by atoms with Crippen molar-refractivity contribution in [3.8, 4) is 0 Å². The summed E-state index contributed by atoms with van der Waals surface area (Å²) in [6.07, 6.45) is 0. The van der Waals surface area contributed by atoms with Crippen LogP contribution in [0.1, 0.15) is 16.5 Å². The number of nitro groups is 1. The molecule has 110 valence electrons. The molecule has 0 aliphatic heterocycles. The summed E-state index contributed by atoms with van der Waals surface area (Å²) in [7, 11) is -4.11. The Morgan fingerprint density at radius 3 is 2.29 bits per heavy atom. The number of hydrogen-bond acceptors (Lipinski definition) is 4. The van der Waals surface area contributed by atoms with E-state index in [2.05, 4.69) is 15.9 Å². The van der Waals surface area contributed by atoms with Crippen molar-refractivity contribution in [3.63, 3.8) is 0 Å². The Balaban J connectivity index is 2.57. The first-order chi connectivity index (χ1) is 9.82. The number of nitrogens with zero attached hydrogens (tertiary/aromatic N) is 1. The quantitative estimate of drug-likeness (QED) is 0.610. The van der Waals surface area contributed by atoms with Crippen LogP contribution in [0.4, 0.5) is 0 Å². The number of benzene rings is 2. The summed E-state index contributed by atoms with van der Waals surface area (Å²) in [4.78, 5) is 10.5. The van der Waals surface area contributed by atoms with Crippen LogP contribution in [0.15, 0.2) is 57.9 Å². The molecule has 0 saturated heterocycles. The fourth-order valence-corrected chi connectivity index (χ4v) is 3.85. The highest BCUT2D eigenvalue weighted by molar-refractivity contribution is 9.10. The highest BCUT2D eigenvalue weighted by Crippen LogP contribution is 2.30. The van der Waals surface area contributed by atoms with Crippen molar-refractivity contribution in [2.45, 2.75) is 17.2 Å². The molecule has 5 nitrogen and oxygen atoms in total. The van der Waals surface area contributed by atoms with Crippen molar-refractivity contribution in [2.75, 3.05) is 0 Å². The van der Waals surface area contributed by atoms with Crippen molar-refractivity contribution < 1.29 is 13.3 Å². The molecule has 2 aromatic carbocycles. The van der Waals surface area contributed by atoms with E-state index in [-0.39, 0.29) is 10.5 Å². The Labute approximate surface area is 130 Å². The third-order valence-corrected chi connectivity index (χ3v) is 5.42. The van der Waals surface area contributed by atoms with E-state index in [0.717, 1.165) is 5.56 Å². The van der Waals surface area contributed by atoms with E-state index in [0.29, 0.717) is 4.47 Å². The van der Waals surface area contributed by atoms with Gasteiger partial charge < -0.3 is 0 Å². The summed E-state index contributed by atoms with van der Waals surface area (Å²) in [6.45, 7) is 1.82. The summed E-state index contributed by atoms with van der Waals surface area (Å²) in [6, 6.07) is 12.1. The fraction of sp³-hybridized carbons (Fsp3) is 0.143. The van der Waals surface area contributed by atoms with Gasteiger partial charge >= 0.3 is 5.37 Å². The van der Waals surface area contributed by atoms with E-state index in [1.54, 1.807) is 24.3 Å². The van der Waals surface area contributed by atoms with Crippen molar-refractivity contribution >= 4 is 25.8 Å². The van der Waals surface area contributed by atoms with E-state index < -0.39 is 20.1 Å². The van der Waals surface area contributed by atoms with Gasteiger partial charge in [-0.25, -0.2) is 8.42 Å². The van der Waals surface area contributed by atoms with Crippen LogP contribution < -0.4 is 0 Å². The summed E-state index contributed by atoms with van der Waals surface area (Å²) < 4.78 is 25.7. The molecule has 0 aliphatic rings. The molecule has 2 rings (SSSR count). The van der Waals surface area contributed by atoms with E-state index in [1.807, 2.05) is 6.92 Å². The van der Waals surface area contributed by atoms with Crippen LogP contribution in [0.5, 0.6) is 0 Å². The van der Waals surface area contributed by atoms with E-state index in [4.69, 9.17) is 0 Å². The second-order valence-corrected chi connectivity index (χ2v) is 7.47. The highest BCUT2D eigenvalue weighted by atomic mass is 79.9. The molecule has 0 heterocycles. The molecule has 1 atom stereocenters. The van der Waals surface area contributed by atoms with Gasteiger partial charge in [0.25, 0.3) is 9.84 Å². The minimum absolute atomic E-state index is 0.0604. The van der Waals surface area contributed by atoms with Gasteiger partial charge in [0.1, 0.15) is 0 Å². The maximum atomic E-state index is 12.5. The largest absolute Gasteiger partial charge is 0.339 e. The molecule has 21 heavy (non-hydrogen) atoms. The molecule has 0 aromatic heterocycles. The molecule has 0 N–H and O–H groups in total. The lowest BCUT2D eigenvalue weighted by Crippen LogP contribution is -2.21. The smallest absolute Gasteiger partial charge is 0.263 e. The van der Waals surface area contributed by atoms with Crippen molar-refractivity contribution in [2.24, 2.45) is 0 Å². The molecule has 0 bridgehead atoms. The molecule has 0 aliphatic carbocycles. The molecular formula is C14H12BrNO4S. The molecule has 2 aromatic rings. The van der Waals surface area contributed by atoms with Gasteiger partial charge in [-0.2, -0.15) is 0 Å². The van der Waals surface area contributed by atoms with Gasteiger partial charge in [-0.05, 0) is 31.2 Å². The minimum Gasteiger partial charge on any atom is -0.263 e. The van der Waals surface area contributed by atoms with Crippen LogP contribution >= 0.6 is 15.9 Å². The number of aryl methyl sites for hydroxylation is 1.